The summed E-state index contributed by atoms with van der Waals surface area (Å²) < 4.78 is 27.9. The summed E-state index contributed by atoms with van der Waals surface area (Å²) in [6.45, 7) is 3.48. The molecule has 0 saturated carbocycles. The molecule has 0 spiro atoms. The molecule has 0 bridgehead atoms. The zero-order valence-corrected chi connectivity index (χ0v) is 12.2. The molecule has 1 N–H and O–H groups in total. The van der Waals surface area contributed by atoms with Gasteiger partial charge in [0.15, 0.2) is 14.9 Å². The van der Waals surface area contributed by atoms with Crippen molar-refractivity contribution < 1.29 is 17.9 Å². The number of pyridine rings is 1. The molecule has 7 nitrogen and oxygen atoms in total. The molecule has 1 fully saturated rings. The molecule has 20 heavy (non-hydrogen) atoms. The Morgan fingerprint density at radius 2 is 2.25 bits per heavy atom. The maximum absolute atomic E-state index is 12.0. The van der Waals surface area contributed by atoms with Gasteiger partial charge in [-0.15, -0.1) is 0 Å². The SMILES string of the molecule is CC1CN(C(=O)Nc2ccc(S(C)(=O)=O)nc2)CCO1. The number of rotatable bonds is 2. The monoisotopic (exact) mass is 299 g/mol. The minimum atomic E-state index is -3.33. The summed E-state index contributed by atoms with van der Waals surface area (Å²) in [7, 11) is -3.33. The van der Waals surface area contributed by atoms with Crippen LogP contribution < -0.4 is 5.32 Å². The van der Waals surface area contributed by atoms with Gasteiger partial charge in [0.2, 0.25) is 0 Å². The van der Waals surface area contributed by atoms with Crippen molar-refractivity contribution in [2.75, 3.05) is 31.3 Å². The molecule has 8 heteroatoms. The number of ether oxygens (including phenoxy) is 1. The van der Waals surface area contributed by atoms with Gasteiger partial charge in [0, 0.05) is 19.3 Å². The average molecular weight is 299 g/mol. The lowest BCUT2D eigenvalue weighted by Crippen LogP contribution is -2.46. The lowest BCUT2D eigenvalue weighted by Gasteiger charge is -2.31. The van der Waals surface area contributed by atoms with Gasteiger partial charge in [0.05, 0.1) is 24.6 Å². The van der Waals surface area contributed by atoms with E-state index in [1.54, 1.807) is 4.90 Å². The van der Waals surface area contributed by atoms with Crippen LogP contribution in [0.3, 0.4) is 0 Å². The molecule has 0 aromatic carbocycles. The molecule has 1 unspecified atom stereocenters. The van der Waals surface area contributed by atoms with E-state index in [-0.39, 0.29) is 17.2 Å². The highest BCUT2D eigenvalue weighted by atomic mass is 32.2. The second kappa shape index (κ2) is 5.76. The molecule has 110 valence electrons. The molecule has 0 radical (unpaired) electrons. The van der Waals surface area contributed by atoms with Crippen molar-refractivity contribution in [1.82, 2.24) is 9.88 Å². The van der Waals surface area contributed by atoms with Gasteiger partial charge < -0.3 is 15.0 Å². The van der Waals surface area contributed by atoms with Gasteiger partial charge in [0.1, 0.15) is 0 Å². The number of hydrogen-bond donors (Lipinski definition) is 1. The lowest BCUT2D eigenvalue weighted by atomic mass is 10.3. The number of amides is 2. The van der Waals surface area contributed by atoms with Crippen molar-refractivity contribution in [2.24, 2.45) is 0 Å². The third-order valence-electron chi connectivity index (χ3n) is 2.90. The number of carbonyl (C=O) groups is 1. The maximum atomic E-state index is 12.0. The van der Waals surface area contributed by atoms with E-state index in [1.165, 1.54) is 18.3 Å². The van der Waals surface area contributed by atoms with Gasteiger partial charge >= 0.3 is 6.03 Å². The maximum Gasteiger partial charge on any atom is 0.322 e. The molecule has 2 amide bonds. The van der Waals surface area contributed by atoms with Crippen LogP contribution in [0.1, 0.15) is 6.92 Å². The fourth-order valence-electron chi connectivity index (χ4n) is 1.88. The Morgan fingerprint density at radius 1 is 1.50 bits per heavy atom. The molecule has 1 atom stereocenters. The summed E-state index contributed by atoms with van der Waals surface area (Å²) in [5.41, 5.74) is 0.460. The Balaban J connectivity index is 2.01. The topological polar surface area (TPSA) is 88.6 Å². The summed E-state index contributed by atoms with van der Waals surface area (Å²) in [6, 6.07) is 2.65. The number of carbonyl (C=O) groups excluding carboxylic acids is 1. The number of nitrogens with zero attached hydrogens (tertiary/aromatic N) is 2. The van der Waals surface area contributed by atoms with Gasteiger partial charge in [-0.25, -0.2) is 18.2 Å². The Kier molecular flexibility index (Phi) is 4.24. The summed E-state index contributed by atoms with van der Waals surface area (Å²) in [5.74, 6) is 0. The largest absolute Gasteiger partial charge is 0.375 e. The Hall–Kier alpha value is -1.67. The van der Waals surface area contributed by atoms with E-state index >= 15 is 0 Å². The number of nitrogens with one attached hydrogen (secondary N) is 1. The third kappa shape index (κ3) is 3.67. The number of morpholine rings is 1. The highest BCUT2D eigenvalue weighted by Gasteiger charge is 2.21. The highest BCUT2D eigenvalue weighted by Crippen LogP contribution is 2.12. The summed E-state index contributed by atoms with van der Waals surface area (Å²) in [6.07, 6.45) is 2.43. The molecule has 0 aliphatic carbocycles. The molecule has 1 aromatic rings. The Morgan fingerprint density at radius 3 is 2.80 bits per heavy atom. The van der Waals surface area contributed by atoms with Crippen LogP contribution in [0.5, 0.6) is 0 Å². The van der Waals surface area contributed by atoms with E-state index in [9.17, 15) is 13.2 Å². The number of aromatic nitrogens is 1. The summed E-state index contributed by atoms with van der Waals surface area (Å²) in [4.78, 5) is 17.5. The smallest absolute Gasteiger partial charge is 0.322 e. The predicted molar refractivity (Wildman–Crippen MR) is 73.4 cm³/mol. The van der Waals surface area contributed by atoms with Gasteiger partial charge in [0.25, 0.3) is 0 Å². The second-order valence-corrected chi connectivity index (χ2v) is 6.68. The molecule has 1 aliphatic heterocycles. The normalized spacial score (nSPS) is 19.7. The predicted octanol–water partition coefficient (Wildman–Crippen LogP) is 0.738. The van der Waals surface area contributed by atoms with Crippen molar-refractivity contribution >= 4 is 21.6 Å². The number of hydrogen-bond acceptors (Lipinski definition) is 5. The van der Waals surface area contributed by atoms with E-state index in [0.717, 1.165) is 6.26 Å². The Bertz CT molecular complexity index is 585. The van der Waals surface area contributed by atoms with E-state index in [1.807, 2.05) is 6.92 Å². The van der Waals surface area contributed by atoms with Crippen molar-refractivity contribution in [1.29, 1.82) is 0 Å². The van der Waals surface area contributed by atoms with E-state index in [4.69, 9.17) is 4.74 Å². The second-order valence-electron chi connectivity index (χ2n) is 4.71. The van der Waals surface area contributed by atoms with Crippen molar-refractivity contribution in [3.05, 3.63) is 18.3 Å². The fourth-order valence-corrected chi connectivity index (χ4v) is 2.44. The van der Waals surface area contributed by atoms with Crippen LogP contribution >= 0.6 is 0 Å². The minimum Gasteiger partial charge on any atom is -0.375 e. The van der Waals surface area contributed by atoms with Crippen LogP contribution in [0, 0.1) is 0 Å². The van der Waals surface area contributed by atoms with E-state index in [2.05, 4.69) is 10.3 Å². The van der Waals surface area contributed by atoms with E-state index in [0.29, 0.717) is 25.4 Å². The molecule has 1 saturated heterocycles. The number of urea groups is 1. The van der Waals surface area contributed by atoms with Crippen LogP contribution in [0.2, 0.25) is 0 Å². The first-order valence-corrected chi connectivity index (χ1v) is 8.09. The molecule has 1 aromatic heterocycles. The number of sulfone groups is 1. The van der Waals surface area contributed by atoms with Crippen LogP contribution in [0.4, 0.5) is 10.5 Å². The molecule has 1 aliphatic rings. The van der Waals surface area contributed by atoms with Gasteiger partial charge in [-0.3, -0.25) is 0 Å². The van der Waals surface area contributed by atoms with Crippen molar-refractivity contribution in [3.63, 3.8) is 0 Å². The highest BCUT2D eigenvalue weighted by molar-refractivity contribution is 7.90. The van der Waals surface area contributed by atoms with Crippen LogP contribution in [0.25, 0.3) is 0 Å². The third-order valence-corrected chi connectivity index (χ3v) is 3.90. The average Bonchev–Trinajstić information content (AvgIpc) is 2.38. The first-order valence-electron chi connectivity index (χ1n) is 6.20. The summed E-state index contributed by atoms with van der Waals surface area (Å²) in [5, 5.41) is 2.67. The summed E-state index contributed by atoms with van der Waals surface area (Å²) >= 11 is 0. The number of anilines is 1. The molecular weight excluding hydrogens is 282 g/mol. The van der Waals surface area contributed by atoms with Crippen LogP contribution in [0.15, 0.2) is 23.4 Å². The fraction of sp³-hybridized carbons (Fsp3) is 0.500. The van der Waals surface area contributed by atoms with Crippen LogP contribution in [-0.2, 0) is 14.6 Å². The molecular formula is C12H17N3O4S. The molecule has 2 rings (SSSR count). The standard InChI is InChI=1S/C12H17N3O4S/c1-9-8-15(5-6-19-9)12(16)14-10-3-4-11(13-7-10)20(2,17)18/h3-4,7,9H,5-6,8H2,1-2H3,(H,14,16). The van der Waals surface area contributed by atoms with E-state index < -0.39 is 9.84 Å². The van der Waals surface area contributed by atoms with Crippen molar-refractivity contribution in [3.8, 4) is 0 Å². The lowest BCUT2D eigenvalue weighted by molar-refractivity contribution is -0.00138. The zero-order chi connectivity index (χ0) is 14.8. The first kappa shape index (κ1) is 14.7. The first-order chi connectivity index (χ1) is 9.36. The Labute approximate surface area is 117 Å². The van der Waals surface area contributed by atoms with Crippen molar-refractivity contribution in [2.45, 2.75) is 18.1 Å². The van der Waals surface area contributed by atoms with Crippen LogP contribution in [-0.4, -0.2) is 56.4 Å². The molecule has 2 heterocycles. The minimum absolute atomic E-state index is 0.0141. The zero-order valence-electron chi connectivity index (χ0n) is 11.4. The quantitative estimate of drug-likeness (QED) is 0.870. The van der Waals surface area contributed by atoms with Gasteiger partial charge in [-0.05, 0) is 19.1 Å². The van der Waals surface area contributed by atoms with Gasteiger partial charge in [-0.2, -0.15) is 0 Å². The van der Waals surface area contributed by atoms with Gasteiger partial charge in [-0.1, -0.05) is 0 Å².